The molecule has 0 spiro atoms. The summed E-state index contributed by atoms with van der Waals surface area (Å²) < 4.78 is 42.8. The highest BCUT2D eigenvalue weighted by Crippen LogP contribution is 2.32. The number of amides is 1. The summed E-state index contributed by atoms with van der Waals surface area (Å²) in [5.41, 5.74) is 4.60. The van der Waals surface area contributed by atoms with Crippen LogP contribution >= 0.6 is 0 Å². The number of aryl methyl sites for hydroxylation is 1. The van der Waals surface area contributed by atoms with Gasteiger partial charge < -0.3 is 10.2 Å². The van der Waals surface area contributed by atoms with Crippen molar-refractivity contribution in [1.82, 2.24) is 4.98 Å². The third kappa shape index (κ3) is 2.59. The molecule has 1 amide bonds. The maximum absolute atomic E-state index is 12.6. The van der Waals surface area contributed by atoms with Crippen molar-refractivity contribution in [1.29, 1.82) is 0 Å². The van der Waals surface area contributed by atoms with E-state index >= 15 is 0 Å². The summed E-state index contributed by atoms with van der Waals surface area (Å²) in [4.78, 5) is 14.9. The normalized spacial score (nSPS) is 11.6. The van der Waals surface area contributed by atoms with E-state index in [9.17, 15) is 18.0 Å². The molecule has 0 radical (unpaired) electrons. The first-order valence-electron chi connectivity index (χ1n) is 5.24. The van der Waals surface area contributed by atoms with Crippen LogP contribution < -0.4 is 5.73 Å². The van der Waals surface area contributed by atoms with Gasteiger partial charge in [0.2, 0.25) is 11.7 Å². The van der Waals surface area contributed by atoms with Gasteiger partial charge >= 0.3 is 6.18 Å². The van der Waals surface area contributed by atoms with E-state index in [4.69, 9.17) is 10.2 Å². The van der Waals surface area contributed by atoms with Crippen LogP contribution in [0.2, 0.25) is 0 Å². The lowest BCUT2D eigenvalue weighted by molar-refractivity contribution is -0.137. The molecule has 0 aliphatic rings. The van der Waals surface area contributed by atoms with Gasteiger partial charge in [-0.3, -0.25) is 4.79 Å². The van der Waals surface area contributed by atoms with Gasteiger partial charge in [0.25, 0.3) is 5.91 Å². The molecule has 0 bridgehead atoms. The minimum atomic E-state index is -4.45. The second kappa shape index (κ2) is 4.42. The topological polar surface area (TPSA) is 69.1 Å². The van der Waals surface area contributed by atoms with Gasteiger partial charge in [0.05, 0.1) is 11.3 Å². The molecule has 4 nitrogen and oxygen atoms in total. The molecule has 1 aromatic carbocycles. The molecular weight excluding hydrogens is 261 g/mol. The van der Waals surface area contributed by atoms with Crippen LogP contribution in [0, 0.1) is 6.92 Å². The fourth-order valence-corrected chi connectivity index (χ4v) is 1.58. The highest BCUT2D eigenvalue weighted by Gasteiger charge is 2.31. The van der Waals surface area contributed by atoms with Crippen molar-refractivity contribution in [3.63, 3.8) is 0 Å². The van der Waals surface area contributed by atoms with Gasteiger partial charge in [-0.1, -0.05) is 6.07 Å². The zero-order valence-electron chi connectivity index (χ0n) is 9.78. The number of oxazole rings is 1. The monoisotopic (exact) mass is 270 g/mol. The highest BCUT2D eigenvalue weighted by molar-refractivity contribution is 5.91. The first-order chi connectivity index (χ1) is 8.79. The van der Waals surface area contributed by atoms with Gasteiger partial charge in [-0.15, -0.1) is 0 Å². The Balaban J connectivity index is 2.48. The SMILES string of the molecule is Cc1nc(-c2cccc(C(F)(F)F)c2)oc1C(N)=O. The number of nitrogens with zero attached hydrogens (tertiary/aromatic N) is 1. The second-order valence-corrected chi connectivity index (χ2v) is 3.88. The van der Waals surface area contributed by atoms with Gasteiger partial charge in [0, 0.05) is 5.56 Å². The van der Waals surface area contributed by atoms with E-state index < -0.39 is 17.6 Å². The number of hydrogen-bond acceptors (Lipinski definition) is 3. The molecule has 0 atom stereocenters. The molecule has 1 heterocycles. The number of aromatic nitrogens is 1. The number of alkyl halides is 3. The van der Waals surface area contributed by atoms with E-state index in [0.29, 0.717) is 0 Å². The molecule has 100 valence electrons. The minimum absolute atomic E-state index is 0.0719. The van der Waals surface area contributed by atoms with Gasteiger partial charge in [-0.2, -0.15) is 13.2 Å². The largest absolute Gasteiger partial charge is 0.431 e. The Bertz CT molecular complexity index is 632. The average Bonchev–Trinajstić information content (AvgIpc) is 2.70. The fourth-order valence-electron chi connectivity index (χ4n) is 1.58. The van der Waals surface area contributed by atoms with Crippen molar-refractivity contribution in [2.45, 2.75) is 13.1 Å². The predicted molar refractivity (Wildman–Crippen MR) is 60.2 cm³/mol. The van der Waals surface area contributed by atoms with E-state index in [1.807, 2.05) is 0 Å². The van der Waals surface area contributed by atoms with Crippen molar-refractivity contribution >= 4 is 5.91 Å². The number of benzene rings is 1. The molecule has 0 unspecified atom stereocenters. The highest BCUT2D eigenvalue weighted by atomic mass is 19.4. The number of hydrogen-bond donors (Lipinski definition) is 1. The summed E-state index contributed by atoms with van der Waals surface area (Å²) in [7, 11) is 0. The van der Waals surface area contributed by atoms with E-state index in [-0.39, 0.29) is 22.9 Å². The lowest BCUT2D eigenvalue weighted by atomic mass is 10.1. The van der Waals surface area contributed by atoms with Crippen LogP contribution in [-0.4, -0.2) is 10.9 Å². The molecule has 1 aromatic heterocycles. The lowest BCUT2D eigenvalue weighted by Gasteiger charge is -2.06. The van der Waals surface area contributed by atoms with Crippen molar-refractivity contribution in [3.05, 3.63) is 41.3 Å². The molecule has 7 heteroatoms. The number of rotatable bonds is 2. The minimum Gasteiger partial charge on any atom is -0.431 e. The van der Waals surface area contributed by atoms with Crippen LogP contribution in [0.1, 0.15) is 21.8 Å². The van der Waals surface area contributed by atoms with E-state index in [0.717, 1.165) is 12.1 Å². The first-order valence-corrected chi connectivity index (χ1v) is 5.24. The van der Waals surface area contributed by atoms with Crippen molar-refractivity contribution in [3.8, 4) is 11.5 Å². The molecule has 19 heavy (non-hydrogen) atoms. The molecule has 0 fully saturated rings. The molecule has 2 aromatic rings. The maximum Gasteiger partial charge on any atom is 0.416 e. The van der Waals surface area contributed by atoms with Crippen molar-refractivity contribution < 1.29 is 22.4 Å². The molecular formula is C12H9F3N2O2. The molecule has 0 aliphatic heterocycles. The Morgan fingerprint density at radius 2 is 2.05 bits per heavy atom. The fraction of sp³-hybridized carbons (Fsp3) is 0.167. The van der Waals surface area contributed by atoms with E-state index in [2.05, 4.69) is 4.98 Å². The van der Waals surface area contributed by atoms with Crippen LogP contribution in [0.25, 0.3) is 11.5 Å². The van der Waals surface area contributed by atoms with Crippen molar-refractivity contribution in [2.75, 3.05) is 0 Å². The Morgan fingerprint density at radius 1 is 1.37 bits per heavy atom. The number of carbonyl (C=O) groups excluding carboxylic acids is 1. The molecule has 2 rings (SSSR count). The number of primary amides is 1. The molecule has 0 saturated carbocycles. The van der Waals surface area contributed by atoms with Crippen LogP contribution in [0.4, 0.5) is 13.2 Å². The smallest absolute Gasteiger partial charge is 0.416 e. The number of halogens is 3. The Morgan fingerprint density at radius 3 is 2.58 bits per heavy atom. The van der Waals surface area contributed by atoms with Crippen LogP contribution in [0.15, 0.2) is 28.7 Å². The van der Waals surface area contributed by atoms with Crippen LogP contribution in [-0.2, 0) is 6.18 Å². The van der Waals surface area contributed by atoms with E-state index in [1.165, 1.54) is 19.1 Å². The Kier molecular flexibility index (Phi) is 3.05. The van der Waals surface area contributed by atoms with Gasteiger partial charge in [-0.25, -0.2) is 4.98 Å². The predicted octanol–water partition coefficient (Wildman–Crippen LogP) is 2.77. The standard InChI is InChI=1S/C12H9F3N2O2/c1-6-9(10(16)18)19-11(17-6)7-3-2-4-8(5-7)12(13,14)15/h2-5H,1H3,(H2,16,18). The van der Waals surface area contributed by atoms with Gasteiger partial charge in [0.15, 0.2) is 0 Å². The zero-order valence-corrected chi connectivity index (χ0v) is 9.78. The summed E-state index contributed by atoms with van der Waals surface area (Å²) in [6, 6.07) is 4.48. The summed E-state index contributed by atoms with van der Waals surface area (Å²) in [5.74, 6) is -1.05. The third-order valence-electron chi connectivity index (χ3n) is 2.46. The summed E-state index contributed by atoms with van der Waals surface area (Å²) >= 11 is 0. The quantitative estimate of drug-likeness (QED) is 0.912. The molecule has 2 N–H and O–H groups in total. The maximum atomic E-state index is 12.6. The molecule has 0 saturated heterocycles. The average molecular weight is 270 g/mol. The van der Waals surface area contributed by atoms with Crippen molar-refractivity contribution in [2.24, 2.45) is 5.73 Å². The summed E-state index contributed by atoms with van der Waals surface area (Å²) in [6.07, 6.45) is -4.45. The number of nitrogens with two attached hydrogens (primary N) is 1. The van der Waals surface area contributed by atoms with Gasteiger partial charge in [-0.05, 0) is 25.1 Å². The molecule has 0 aliphatic carbocycles. The van der Waals surface area contributed by atoms with E-state index in [1.54, 1.807) is 0 Å². The summed E-state index contributed by atoms with van der Waals surface area (Å²) in [5, 5.41) is 0. The lowest BCUT2D eigenvalue weighted by Crippen LogP contribution is -2.10. The van der Waals surface area contributed by atoms with Crippen LogP contribution in [0.5, 0.6) is 0 Å². The zero-order chi connectivity index (χ0) is 14.2. The second-order valence-electron chi connectivity index (χ2n) is 3.88. The first kappa shape index (κ1) is 13.1. The Labute approximate surface area is 106 Å². The number of carbonyl (C=O) groups is 1. The van der Waals surface area contributed by atoms with Gasteiger partial charge in [0.1, 0.15) is 0 Å². The third-order valence-corrected chi connectivity index (χ3v) is 2.46. The van der Waals surface area contributed by atoms with Crippen LogP contribution in [0.3, 0.4) is 0 Å². The Hall–Kier alpha value is -2.31. The summed E-state index contributed by atoms with van der Waals surface area (Å²) in [6.45, 7) is 1.49.